The Labute approximate surface area is 228 Å². The van der Waals surface area contributed by atoms with E-state index in [1.807, 2.05) is 0 Å². The first-order valence-electron chi connectivity index (χ1n) is 12.3. The lowest BCUT2D eigenvalue weighted by Crippen LogP contribution is -2.16. The lowest BCUT2D eigenvalue weighted by atomic mass is 10.0. The summed E-state index contributed by atoms with van der Waals surface area (Å²) in [5.41, 5.74) is -2.00. The van der Waals surface area contributed by atoms with Gasteiger partial charge in [0.2, 0.25) is 0 Å². The third-order valence-electron chi connectivity index (χ3n) is 6.53. The van der Waals surface area contributed by atoms with E-state index in [1.165, 1.54) is 61.0 Å². The number of hydrogen-bond donors (Lipinski definition) is 1. The van der Waals surface area contributed by atoms with Crippen LogP contribution < -0.4 is 0 Å². The summed E-state index contributed by atoms with van der Waals surface area (Å²) in [5.74, 6) is -1.50. The molecule has 0 amide bonds. The minimum Gasteiger partial charge on any atom is -0.384 e. The van der Waals surface area contributed by atoms with Crippen LogP contribution in [0.1, 0.15) is 49.0 Å². The van der Waals surface area contributed by atoms with Gasteiger partial charge in [0.15, 0.2) is 9.84 Å². The van der Waals surface area contributed by atoms with Gasteiger partial charge in [0, 0.05) is 24.4 Å². The minimum absolute atomic E-state index is 0.0321. The molecule has 0 saturated carbocycles. The van der Waals surface area contributed by atoms with E-state index >= 15 is 4.39 Å². The lowest BCUT2D eigenvalue weighted by Gasteiger charge is -2.15. The zero-order valence-electron chi connectivity index (χ0n) is 22.1. The Kier molecular flexibility index (Phi) is 7.68. The summed E-state index contributed by atoms with van der Waals surface area (Å²) in [6.07, 6.45) is -2.47. The maximum atomic E-state index is 15.6. The van der Waals surface area contributed by atoms with Crippen LogP contribution in [0.2, 0.25) is 0 Å². The number of imidazole rings is 1. The number of alkyl halides is 3. The second-order valence-electron chi connectivity index (χ2n) is 10.0. The van der Waals surface area contributed by atoms with Crippen LogP contribution in [-0.2, 0) is 34.5 Å². The minimum atomic E-state index is -4.62. The Morgan fingerprint density at radius 1 is 0.950 bits per heavy atom. The number of nitrogens with zero attached hydrogens (tertiary/aromatic N) is 2. The van der Waals surface area contributed by atoms with Crippen molar-refractivity contribution in [3.05, 3.63) is 101 Å². The van der Waals surface area contributed by atoms with E-state index in [4.69, 9.17) is 0 Å². The summed E-state index contributed by atoms with van der Waals surface area (Å²) in [6, 6.07) is 11.3. The van der Waals surface area contributed by atoms with Crippen LogP contribution in [0.4, 0.5) is 22.0 Å². The highest BCUT2D eigenvalue weighted by Crippen LogP contribution is 2.34. The van der Waals surface area contributed by atoms with Crippen molar-refractivity contribution in [3.63, 3.8) is 0 Å². The van der Waals surface area contributed by atoms with E-state index in [-0.39, 0.29) is 57.2 Å². The van der Waals surface area contributed by atoms with Gasteiger partial charge in [0.05, 0.1) is 21.8 Å². The van der Waals surface area contributed by atoms with E-state index in [2.05, 4.69) is 4.98 Å². The fourth-order valence-corrected chi connectivity index (χ4v) is 5.53. The molecule has 0 spiro atoms. The zero-order valence-corrected chi connectivity index (χ0v) is 23.0. The summed E-state index contributed by atoms with van der Waals surface area (Å²) in [5, 5.41) is 10.5. The Balaban J connectivity index is 1.84. The molecule has 40 heavy (non-hydrogen) atoms. The molecule has 1 aromatic heterocycles. The monoisotopic (exact) mass is 578 g/mol. The van der Waals surface area contributed by atoms with E-state index in [1.54, 1.807) is 6.92 Å². The number of rotatable bonds is 7. The Hall–Kier alpha value is -3.57. The molecule has 3 aromatic carbocycles. The molecule has 11 heteroatoms. The van der Waals surface area contributed by atoms with Gasteiger partial charge in [-0.15, -0.1) is 0 Å². The third kappa shape index (κ3) is 5.95. The first-order valence-corrected chi connectivity index (χ1v) is 14.2. The molecule has 0 atom stereocenters. The van der Waals surface area contributed by atoms with Crippen molar-refractivity contribution < 1.29 is 35.5 Å². The molecule has 0 fully saturated rings. The molecular weight excluding hydrogens is 551 g/mol. The molecule has 212 valence electrons. The number of sulfone groups is 1. The fraction of sp³-hybridized carbons (Fsp3) is 0.276. The van der Waals surface area contributed by atoms with Crippen LogP contribution in [0.3, 0.4) is 0 Å². The number of aromatic nitrogens is 2. The molecule has 1 N–H and O–H groups in total. The van der Waals surface area contributed by atoms with Crippen molar-refractivity contribution in [3.8, 4) is 16.8 Å². The predicted molar refractivity (Wildman–Crippen MR) is 141 cm³/mol. The van der Waals surface area contributed by atoms with Crippen LogP contribution in [0.5, 0.6) is 0 Å². The SMILES string of the molecule is CCc1c(F)cc(-c2ccc(-n3cc(C(C)(C)O)nc3Cc3ccccc3C(F)(F)F)c(F)c2)cc1S(C)(=O)=O. The van der Waals surface area contributed by atoms with Crippen molar-refractivity contribution in [2.75, 3.05) is 6.26 Å². The summed E-state index contributed by atoms with van der Waals surface area (Å²) >= 11 is 0. The van der Waals surface area contributed by atoms with E-state index in [9.17, 15) is 31.1 Å². The number of hydrogen-bond acceptors (Lipinski definition) is 4. The maximum absolute atomic E-state index is 15.6. The van der Waals surface area contributed by atoms with Gasteiger partial charge in [-0.2, -0.15) is 13.2 Å². The molecule has 5 nitrogen and oxygen atoms in total. The van der Waals surface area contributed by atoms with Gasteiger partial charge in [-0.1, -0.05) is 31.2 Å². The fourth-order valence-electron chi connectivity index (χ4n) is 4.50. The summed E-state index contributed by atoms with van der Waals surface area (Å²) in [6.45, 7) is 4.51. The van der Waals surface area contributed by atoms with Crippen LogP contribution >= 0.6 is 0 Å². The van der Waals surface area contributed by atoms with E-state index in [0.717, 1.165) is 24.5 Å². The summed E-state index contributed by atoms with van der Waals surface area (Å²) in [4.78, 5) is 4.14. The van der Waals surface area contributed by atoms with Crippen molar-refractivity contribution in [1.82, 2.24) is 9.55 Å². The first-order chi connectivity index (χ1) is 18.5. The Bertz CT molecular complexity index is 1690. The van der Waals surface area contributed by atoms with E-state index in [0.29, 0.717) is 0 Å². The quantitative estimate of drug-likeness (QED) is 0.250. The largest absolute Gasteiger partial charge is 0.416 e. The van der Waals surface area contributed by atoms with Gasteiger partial charge in [-0.05, 0) is 67.3 Å². The molecule has 0 bridgehead atoms. The highest BCUT2D eigenvalue weighted by molar-refractivity contribution is 7.90. The van der Waals surface area contributed by atoms with Crippen LogP contribution in [0.25, 0.3) is 16.8 Å². The number of benzene rings is 3. The molecule has 1 heterocycles. The van der Waals surface area contributed by atoms with Crippen molar-refractivity contribution >= 4 is 9.84 Å². The molecule has 0 saturated heterocycles. The van der Waals surface area contributed by atoms with Crippen LogP contribution in [0.15, 0.2) is 65.7 Å². The highest BCUT2D eigenvalue weighted by atomic mass is 32.2. The standard InChI is InChI=1S/C29H27F5N2O3S/c1-5-20-22(30)13-19(14-25(20)40(4,38)39)17-10-11-24(23(31)12-17)36-16-26(28(2,3)37)35-27(36)15-18-8-6-7-9-21(18)29(32,33)34/h6-14,16,37H,5,15H2,1-4H3. The number of aliphatic hydroxyl groups is 1. The second-order valence-corrected chi connectivity index (χ2v) is 12.0. The van der Waals surface area contributed by atoms with Crippen molar-refractivity contribution in [2.45, 2.75) is 50.3 Å². The molecule has 4 rings (SSSR count). The smallest absolute Gasteiger partial charge is 0.384 e. The average Bonchev–Trinajstić information content (AvgIpc) is 3.26. The summed E-state index contributed by atoms with van der Waals surface area (Å²) < 4.78 is 97.1. The second kappa shape index (κ2) is 10.4. The molecule has 0 aliphatic rings. The third-order valence-corrected chi connectivity index (χ3v) is 7.69. The van der Waals surface area contributed by atoms with Gasteiger partial charge in [0.1, 0.15) is 23.1 Å². The normalized spacial score (nSPS) is 12.7. The van der Waals surface area contributed by atoms with Gasteiger partial charge in [-0.3, -0.25) is 0 Å². The van der Waals surface area contributed by atoms with Gasteiger partial charge < -0.3 is 9.67 Å². The predicted octanol–water partition coefficient (Wildman–Crippen LogP) is 6.62. The molecule has 0 aliphatic carbocycles. The Morgan fingerprint density at radius 3 is 2.17 bits per heavy atom. The van der Waals surface area contributed by atoms with Crippen LogP contribution in [-0.4, -0.2) is 29.3 Å². The summed E-state index contributed by atoms with van der Waals surface area (Å²) in [7, 11) is -3.77. The van der Waals surface area contributed by atoms with Crippen molar-refractivity contribution in [2.24, 2.45) is 0 Å². The van der Waals surface area contributed by atoms with Gasteiger partial charge in [-0.25, -0.2) is 22.2 Å². The first kappa shape index (κ1) is 29.4. The van der Waals surface area contributed by atoms with Crippen LogP contribution in [0, 0.1) is 11.6 Å². The molecule has 0 aliphatic heterocycles. The molecular formula is C29H27F5N2O3S. The zero-order chi connectivity index (χ0) is 29.6. The van der Waals surface area contributed by atoms with Crippen molar-refractivity contribution in [1.29, 1.82) is 0 Å². The lowest BCUT2D eigenvalue weighted by molar-refractivity contribution is -0.138. The average molecular weight is 579 g/mol. The highest BCUT2D eigenvalue weighted by Gasteiger charge is 2.33. The van der Waals surface area contributed by atoms with E-state index < -0.39 is 38.8 Å². The topological polar surface area (TPSA) is 72.2 Å². The molecule has 4 aromatic rings. The number of halogens is 5. The van der Waals surface area contributed by atoms with Gasteiger partial charge in [0.25, 0.3) is 0 Å². The maximum Gasteiger partial charge on any atom is 0.416 e. The molecule has 0 radical (unpaired) electrons. The Morgan fingerprint density at radius 2 is 1.60 bits per heavy atom. The molecule has 0 unspecified atom stereocenters. The van der Waals surface area contributed by atoms with Gasteiger partial charge >= 0.3 is 6.18 Å².